The van der Waals surface area contributed by atoms with E-state index in [4.69, 9.17) is 5.73 Å². The molecule has 19 heavy (non-hydrogen) atoms. The van der Waals surface area contributed by atoms with Gasteiger partial charge in [0.05, 0.1) is 17.6 Å². The molecular formula is C15H22N4. The first-order valence-electron chi connectivity index (χ1n) is 7.17. The number of fused-ring (bicyclic) bond motifs is 1. The summed E-state index contributed by atoms with van der Waals surface area (Å²) in [5, 5.41) is 0. The number of nitrogen functional groups attached to an aromatic ring is 1. The fourth-order valence-corrected chi connectivity index (χ4v) is 3.04. The van der Waals surface area contributed by atoms with Crippen LogP contribution in [0.5, 0.6) is 0 Å². The Kier molecular flexibility index (Phi) is 3.42. The fraction of sp³-hybridized carbons (Fsp3) is 0.533. The molecule has 1 aliphatic carbocycles. The Morgan fingerprint density at radius 2 is 2.11 bits per heavy atom. The lowest BCUT2D eigenvalue weighted by Crippen LogP contribution is -2.33. The number of rotatable bonds is 3. The molecule has 1 aromatic heterocycles. The van der Waals surface area contributed by atoms with Gasteiger partial charge in [-0.15, -0.1) is 0 Å². The molecule has 1 heterocycles. The summed E-state index contributed by atoms with van der Waals surface area (Å²) in [6, 6.07) is 6.54. The monoisotopic (exact) mass is 258 g/mol. The van der Waals surface area contributed by atoms with Crippen molar-refractivity contribution in [3.05, 3.63) is 24.0 Å². The fourth-order valence-electron chi connectivity index (χ4n) is 3.04. The lowest BCUT2D eigenvalue weighted by atomic mass is 9.94. The number of anilines is 1. The van der Waals surface area contributed by atoms with Crippen molar-refractivity contribution in [3.63, 3.8) is 0 Å². The number of nitrogens with two attached hydrogens (primary N) is 1. The molecule has 1 aliphatic rings. The third kappa shape index (κ3) is 2.73. The van der Waals surface area contributed by atoms with Crippen LogP contribution in [0.4, 0.5) is 5.69 Å². The predicted octanol–water partition coefficient (Wildman–Crippen LogP) is 2.91. The SMILES string of the molecule is CN(Cc1nc2ccc(N)cc2[nH]1)C1CCCCC1. The summed E-state index contributed by atoms with van der Waals surface area (Å²) in [5.74, 6) is 1.04. The summed E-state index contributed by atoms with van der Waals surface area (Å²) in [7, 11) is 2.21. The van der Waals surface area contributed by atoms with E-state index in [1.165, 1.54) is 32.1 Å². The highest BCUT2D eigenvalue weighted by Gasteiger charge is 2.18. The molecule has 0 saturated heterocycles. The highest BCUT2D eigenvalue weighted by molar-refractivity contribution is 5.78. The van der Waals surface area contributed by atoms with Gasteiger partial charge in [0.15, 0.2) is 0 Å². The van der Waals surface area contributed by atoms with Crippen molar-refractivity contribution in [1.29, 1.82) is 0 Å². The molecule has 3 rings (SSSR count). The van der Waals surface area contributed by atoms with Crippen molar-refractivity contribution < 1.29 is 0 Å². The van der Waals surface area contributed by atoms with Gasteiger partial charge in [-0.25, -0.2) is 4.98 Å². The van der Waals surface area contributed by atoms with Gasteiger partial charge in [-0.2, -0.15) is 0 Å². The van der Waals surface area contributed by atoms with E-state index in [2.05, 4.69) is 21.9 Å². The van der Waals surface area contributed by atoms with E-state index in [9.17, 15) is 0 Å². The van der Waals surface area contributed by atoms with Gasteiger partial charge in [-0.1, -0.05) is 19.3 Å². The molecule has 4 nitrogen and oxygen atoms in total. The largest absolute Gasteiger partial charge is 0.399 e. The number of hydrogen-bond acceptors (Lipinski definition) is 3. The Balaban J connectivity index is 1.73. The number of aromatic amines is 1. The molecule has 0 bridgehead atoms. The van der Waals surface area contributed by atoms with Gasteiger partial charge in [0.2, 0.25) is 0 Å². The number of aromatic nitrogens is 2. The molecular weight excluding hydrogens is 236 g/mol. The molecule has 3 N–H and O–H groups in total. The molecule has 0 radical (unpaired) electrons. The maximum Gasteiger partial charge on any atom is 0.121 e. The van der Waals surface area contributed by atoms with Gasteiger partial charge in [-0.05, 0) is 38.1 Å². The topological polar surface area (TPSA) is 57.9 Å². The number of benzene rings is 1. The average molecular weight is 258 g/mol. The maximum atomic E-state index is 5.79. The van der Waals surface area contributed by atoms with E-state index in [0.717, 1.165) is 29.1 Å². The highest BCUT2D eigenvalue weighted by Crippen LogP contribution is 2.23. The Bertz CT molecular complexity index is 554. The van der Waals surface area contributed by atoms with Crippen LogP contribution in [0, 0.1) is 0 Å². The number of nitrogens with zero attached hydrogens (tertiary/aromatic N) is 2. The molecule has 1 saturated carbocycles. The standard InChI is InChI=1S/C15H22N4/c1-19(12-5-3-2-4-6-12)10-15-17-13-8-7-11(16)9-14(13)18-15/h7-9,12H,2-6,10,16H2,1H3,(H,17,18). The Morgan fingerprint density at radius 3 is 2.89 bits per heavy atom. The summed E-state index contributed by atoms with van der Waals surface area (Å²) < 4.78 is 0. The molecule has 0 unspecified atom stereocenters. The van der Waals surface area contributed by atoms with Crippen LogP contribution in [-0.4, -0.2) is 28.0 Å². The van der Waals surface area contributed by atoms with Crippen molar-refractivity contribution in [2.24, 2.45) is 0 Å². The first-order valence-corrected chi connectivity index (χ1v) is 7.17. The van der Waals surface area contributed by atoms with Crippen LogP contribution < -0.4 is 5.73 Å². The second-order valence-electron chi connectivity index (χ2n) is 5.67. The van der Waals surface area contributed by atoms with Crippen LogP contribution >= 0.6 is 0 Å². The van der Waals surface area contributed by atoms with Crippen LogP contribution in [0.15, 0.2) is 18.2 Å². The van der Waals surface area contributed by atoms with E-state index < -0.39 is 0 Å². The molecule has 0 atom stereocenters. The molecule has 4 heteroatoms. The smallest absolute Gasteiger partial charge is 0.121 e. The Labute approximate surface area is 114 Å². The molecule has 1 fully saturated rings. The van der Waals surface area contributed by atoms with Crippen molar-refractivity contribution in [2.45, 2.75) is 44.7 Å². The molecule has 0 aliphatic heterocycles. The number of imidazole rings is 1. The predicted molar refractivity (Wildman–Crippen MR) is 78.8 cm³/mol. The second kappa shape index (κ2) is 5.21. The lowest BCUT2D eigenvalue weighted by Gasteiger charge is -2.30. The summed E-state index contributed by atoms with van der Waals surface area (Å²) >= 11 is 0. The second-order valence-corrected chi connectivity index (χ2v) is 5.67. The quantitative estimate of drug-likeness (QED) is 0.832. The van der Waals surface area contributed by atoms with E-state index in [0.29, 0.717) is 6.04 Å². The zero-order chi connectivity index (χ0) is 13.2. The summed E-state index contributed by atoms with van der Waals surface area (Å²) in [5.41, 5.74) is 8.61. The van der Waals surface area contributed by atoms with Gasteiger partial charge in [0.25, 0.3) is 0 Å². The van der Waals surface area contributed by atoms with E-state index in [1.807, 2.05) is 18.2 Å². The maximum absolute atomic E-state index is 5.79. The third-order valence-corrected chi connectivity index (χ3v) is 4.15. The minimum absolute atomic E-state index is 0.715. The minimum Gasteiger partial charge on any atom is -0.399 e. The summed E-state index contributed by atoms with van der Waals surface area (Å²) in [6.45, 7) is 0.888. The van der Waals surface area contributed by atoms with E-state index in [1.54, 1.807) is 0 Å². The van der Waals surface area contributed by atoms with Crippen LogP contribution in [0.2, 0.25) is 0 Å². The van der Waals surface area contributed by atoms with Gasteiger partial charge in [0, 0.05) is 11.7 Å². The molecule has 2 aromatic rings. The van der Waals surface area contributed by atoms with Gasteiger partial charge in [0.1, 0.15) is 5.82 Å². The summed E-state index contributed by atoms with van der Waals surface area (Å²) in [4.78, 5) is 10.4. The van der Waals surface area contributed by atoms with Crippen LogP contribution in [-0.2, 0) is 6.54 Å². The molecule has 0 spiro atoms. The minimum atomic E-state index is 0.715. The first-order chi connectivity index (χ1) is 9.22. The normalized spacial score (nSPS) is 17.4. The molecule has 0 amide bonds. The average Bonchev–Trinajstić information content (AvgIpc) is 2.81. The zero-order valence-corrected chi connectivity index (χ0v) is 11.5. The van der Waals surface area contributed by atoms with Gasteiger partial charge in [-0.3, -0.25) is 4.90 Å². The first kappa shape index (κ1) is 12.5. The Hall–Kier alpha value is -1.55. The van der Waals surface area contributed by atoms with Crippen molar-refractivity contribution in [3.8, 4) is 0 Å². The lowest BCUT2D eigenvalue weighted by molar-refractivity contribution is 0.181. The van der Waals surface area contributed by atoms with E-state index in [-0.39, 0.29) is 0 Å². The number of H-pyrrole nitrogens is 1. The van der Waals surface area contributed by atoms with Crippen LogP contribution in [0.1, 0.15) is 37.9 Å². The van der Waals surface area contributed by atoms with Crippen molar-refractivity contribution in [2.75, 3.05) is 12.8 Å². The number of nitrogens with one attached hydrogen (secondary N) is 1. The zero-order valence-electron chi connectivity index (χ0n) is 11.5. The van der Waals surface area contributed by atoms with Gasteiger partial charge >= 0.3 is 0 Å². The summed E-state index contributed by atoms with van der Waals surface area (Å²) in [6.07, 6.45) is 6.78. The third-order valence-electron chi connectivity index (χ3n) is 4.15. The van der Waals surface area contributed by atoms with Gasteiger partial charge < -0.3 is 10.7 Å². The highest BCUT2D eigenvalue weighted by atomic mass is 15.2. The Morgan fingerprint density at radius 1 is 1.32 bits per heavy atom. The van der Waals surface area contributed by atoms with E-state index >= 15 is 0 Å². The van der Waals surface area contributed by atoms with Crippen LogP contribution in [0.3, 0.4) is 0 Å². The number of hydrogen-bond donors (Lipinski definition) is 2. The van der Waals surface area contributed by atoms with Crippen molar-refractivity contribution >= 4 is 16.7 Å². The molecule has 102 valence electrons. The van der Waals surface area contributed by atoms with Crippen LogP contribution in [0.25, 0.3) is 11.0 Å². The molecule has 1 aromatic carbocycles. The van der Waals surface area contributed by atoms with Crippen molar-refractivity contribution in [1.82, 2.24) is 14.9 Å².